The molecule has 2 aromatic rings. The standard InChI is InChI=1S/C11H8ClN3O2/c1-17-9-3-2-7(4-13-9)10-8(5-16)11(12)15-6-14-10/h2-6H,1H3. The van der Waals surface area contributed by atoms with Crippen LogP contribution in [0.25, 0.3) is 11.3 Å². The average Bonchev–Trinajstić information content (AvgIpc) is 2.38. The van der Waals surface area contributed by atoms with Crippen molar-refractivity contribution in [3.63, 3.8) is 0 Å². The smallest absolute Gasteiger partial charge is 0.212 e. The maximum atomic E-state index is 10.9. The highest BCUT2D eigenvalue weighted by Gasteiger charge is 2.11. The van der Waals surface area contributed by atoms with Crippen LogP contribution in [0.1, 0.15) is 10.4 Å². The summed E-state index contributed by atoms with van der Waals surface area (Å²) in [6, 6.07) is 3.43. The van der Waals surface area contributed by atoms with Crippen molar-refractivity contribution in [1.82, 2.24) is 15.0 Å². The van der Waals surface area contributed by atoms with Crippen molar-refractivity contribution in [2.75, 3.05) is 7.11 Å². The van der Waals surface area contributed by atoms with Gasteiger partial charge in [-0.1, -0.05) is 11.6 Å². The third-order valence-electron chi connectivity index (χ3n) is 2.17. The van der Waals surface area contributed by atoms with E-state index in [4.69, 9.17) is 16.3 Å². The van der Waals surface area contributed by atoms with Crippen molar-refractivity contribution < 1.29 is 9.53 Å². The number of pyridine rings is 1. The number of methoxy groups -OCH3 is 1. The van der Waals surface area contributed by atoms with Gasteiger partial charge >= 0.3 is 0 Å². The summed E-state index contributed by atoms with van der Waals surface area (Å²) in [5.41, 5.74) is 1.38. The van der Waals surface area contributed by atoms with Gasteiger partial charge in [-0.3, -0.25) is 4.79 Å². The first kappa shape index (κ1) is 11.5. The minimum Gasteiger partial charge on any atom is -0.481 e. The van der Waals surface area contributed by atoms with Gasteiger partial charge in [0.05, 0.1) is 18.4 Å². The van der Waals surface area contributed by atoms with Crippen LogP contribution in [0.5, 0.6) is 5.88 Å². The minimum atomic E-state index is 0.126. The number of carbonyl (C=O) groups excluding carboxylic acids is 1. The Balaban J connectivity index is 2.52. The Morgan fingerprint density at radius 3 is 2.71 bits per heavy atom. The van der Waals surface area contributed by atoms with Gasteiger partial charge in [-0.25, -0.2) is 15.0 Å². The molecule has 0 unspecified atom stereocenters. The number of carbonyl (C=O) groups is 1. The number of hydrogen-bond donors (Lipinski definition) is 0. The molecule has 2 rings (SSSR count). The fourth-order valence-electron chi connectivity index (χ4n) is 1.35. The van der Waals surface area contributed by atoms with E-state index in [2.05, 4.69) is 15.0 Å². The first-order valence-corrected chi connectivity index (χ1v) is 5.10. The van der Waals surface area contributed by atoms with Gasteiger partial charge in [-0.15, -0.1) is 0 Å². The van der Waals surface area contributed by atoms with Crippen LogP contribution in [0.15, 0.2) is 24.7 Å². The lowest BCUT2D eigenvalue weighted by atomic mass is 10.1. The summed E-state index contributed by atoms with van der Waals surface area (Å²) in [6.45, 7) is 0. The molecule has 0 spiro atoms. The number of aromatic nitrogens is 3. The Hall–Kier alpha value is -2.01. The molecule has 0 bridgehead atoms. The molecule has 0 saturated heterocycles. The van der Waals surface area contributed by atoms with Crippen molar-refractivity contribution in [1.29, 1.82) is 0 Å². The van der Waals surface area contributed by atoms with Crippen LogP contribution in [0.3, 0.4) is 0 Å². The molecule has 86 valence electrons. The predicted molar refractivity (Wildman–Crippen MR) is 62.2 cm³/mol. The second-order valence-electron chi connectivity index (χ2n) is 3.13. The minimum absolute atomic E-state index is 0.126. The van der Waals surface area contributed by atoms with E-state index in [9.17, 15) is 4.79 Å². The molecule has 0 amide bonds. The quantitative estimate of drug-likeness (QED) is 0.615. The number of halogens is 1. The molecule has 0 aromatic carbocycles. The van der Waals surface area contributed by atoms with Gasteiger partial charge in [0.2, 0.25) is 5.88 Å². The highest BCUT2D eigenvalue weighted by molar-refractivity contribution is 6.32. The number of hydrogen-bond acceptors (Lipinski definition) is 5. The molecule has 0 atom stereocenters. The van der Waals surface area contributed by atoms with Crippen molar-refractivity contribution in [3.05, 3.63) is 35.4 Å². The molecule has 17 heavy (non-hydrogen) atoms. The molecule has 5 nitrogen and oxygen atoms in total. The molecule has 0 saturated carbocycles. The van der Waals surface area contributed by atoms with E-state index in [-0.39, 0.29) is 10.7 Å². The van der Waals surface area contributed by atoms with Crippen molar-refractivity contribution in [2.45, 2.75) is 0 Å². The first-order chi connectivity index (χ1) is 8.26. The van der Waals surface area contributed by atoms with Crippen LogP contribution in [0, 0.1) is 0 Å². The molecule has 6 heteroatoms. The molecule has 0 aliphatic rings. The van der Waals surface area contributed by atoms with Crippen molar-refractivity contribution in [2.24, 2.45) is 0 Å². The summed E-state index contributed by atoms with van der Waals surface area (Å²) >= 11 is 5.81. The van der Waals surface area contributed by atoms with E-state index in [1.807, 2.05) is 0 Å². The summed E-state index contributed by atoms with van der Waals surface area (Å²) in [7, 11) is 1.53. The molecular formula is C11H8ClN3O2. The van der Waals surface area contributed by atoms with Gasteiger partial charge < -0.3 is 4.74 Å². The maximum Gasteiger partial charge on any atom is 0.212 e. The molecule has 2 heterocycles. The number of ether oxygens (including phenoxy) is 1. The lowest BCUT2D eigenvalue weighted by Gasteiger charge is -2.05. The summed E-state index contributed by atoms with van der Waals surface area (Å²) < 4.78 is 4.95. The zero-order valence-corrected chi connectivity index (χ0v) is 9.68. The monoisotopic (exact) mass is 249 g/mol. The fraction of sp³-hybridized carbons (Fsp3) is 0.0909. The summed E-state index contributed by atoms with van der Waals surface area (Å²) in [6.07, 6.45) is 3.49. The van der Waals surface area contributed by atoms with Gasteiger partial charge in [0.15, 0.2) is 6.29 Å². The first-order valence-electron chi connectivity index (χ1n) is 4.72. The number of nitrogens with zero attached hydrogens (tertiary/aromatic N) is 3. The van der Waals surface area contributed by atoms with E-state index in [0.717, 1.165) is 0 Å². The number of aldehydes is 1. The topological polar surface area (TPSA) is 65.0 Å². The average molecular weight is 250 g/mol. The Morgan fingerprint density at radius 2 is 2.12 bits per heavy atom. The van der Waals surface area contributed by atoms with Gasteiger partial charge in [0.25, 0.3) is 0 Å². The largest absolute Gasteiger partial charge is 0.481 e. The molecule has 0 fully saturated rings. The molecule has 2 aromatic heterocycles. The zero-order chi connectivity index (χ0) is 12.3. The van der Waals surface area contributed by atoms with Gasteiger partial charge in [0, 0.05) is 17.8 Å². The second kappa shape index (κ2) is 4.88. The Morgan fingerprint density at radius 1 is 1.29 bits per heavy atom. The molecular weight excluding hydrogens is 242 g/mol. The molecule has 0 N–H and O–H groups in total. The van der Waals surface area contributed by atoms with Crippen LogP contribution in [-0.4, -0.2) is 28.3 Å². The van der Waals surface area contributed by atoms with Crippen LogP contribution < -0.4 is 4.74 Å². The fourth-order valence-corrected chi connectivity index (χ4v) is 1.53. The van der Waals surface area contributed by atoms with Crippen LogP contribution >= 0.6 is 11.6 Å². The van der Waals surface area contributed by atoms with E-state index >= 15 is 0 Å². The lowest BCUT2D eigenvalue weighted by molar-refractivity contribution is 0.112. The van der Waals surface area contributed by atoms with E-state index in [1.54, 1.807) is 18.3 Å². The van der Waals surface area contributed by atoms with Gasteiger partial charge in [0.1, 0.15) is 11.5 Å². The molecule has 0 aliphatic heterocycles. The highest BCUT2D eigenvalue weighted by Crippen LogP contribution is 2.24. The number of rotatable bonds is 3. The predicted octanol–water partition coefficient (Wildman–Crippen LogP) is 2.01. The Kier molecular flexibility index (Phi) is 3.30. The Bertz CT molecular complexity index is 543. The summed E-state index contributed by atoms with van der Waals surface area (Å²) in [5.74, 6) is 0.488. The van der Waals surface area contributed by atoms with Crippen molar-refractivity contribution >= 4 is 17.9 Å². The van der Waals surface area contributed by atoms with Crippen LogP contribution in [0.2, 0.25) is 5.15 Å². The van der Waals surface area contributed by atoms with Gasteiger partial charge in [-0.05, 0) is 6.07 Å². The molecule has 0 aliphatic carbocycles. The lowest BCUT2D eigenvalue weighted by Crippen LogP contribution is -1.96. The third kappa shape index (κ3) is 2.24. The second-order valence-corrected chi connectivity index (χ2v) is 3.49. The van der Waals surface area contributed by atoms with E-state index in [0.29, 0.717) is 23.4 Å². The highest BCUT2D eigenvalue weighted by atomic mass is 35.5. The van der Waals surface area contributed by atoms with Crippen LogP contribution in [-0.2, 0) is 0 Å². The van der Waals surface area contributed by atoms with Crippen LogP contribution in [0.4, 0.5) is 0 Å². The van der Waals surface area contributed by atoms with E-state index < -0.39 is 0 Å². The molecule has 0 radical (unpaired) electrons. The Labute approximate surface area is 102 Å². The zero-order valence-electron chi connectivity index (χ0n) is 8.92. The normalized spacial score (nSPS) is 10.0. The third-order valence-corrected chi connectivity index (χ3v) is 2.47. The maximum absolute atomic E-state index is 10.9. The van der Waals surface area contributed by atoms with Gasteiger partial charge in [-0.2, -0.15) is 0 Å². The van der Waals surface area contributed by atoms with Crippen molar-refractivity contribution in [3.8, 4) is 17.1 Å². The summed E-state index contributed by atoms with van der Waals surface area (Å²) in [5, 5.41) is 0.126. The summed E-state index contributed by atoms with van der Waals surface area (Å²) in [4.78, 5) is 22.7. The SMILES string of the molecule is COc1ccc(-c2ncnc(Cl)c2C=O)cn1. The van der Waals surface area contributed by atoms with E-state index in [1.165, 1.54) is 13.4 Å².